The predicted molar refractivity (Wildman–Crippen MR) is 569 cm³/mol. The molecule has 34 nitrogen and oxygen atoms in total. The number of rotatable bonds is 30. The Morgan fingerprint density at radius 2 is 1.06 bits per heavy atom. The lowest BCUT2D eigenvalue weighted by Crippen LogP contribution is -2.41. The fourth-order valence-corrected chi connectivity index (χ4v) is 22.7. The van der Waals surface area contributed by atoms with Crippen molar-refractivity contribution < 1.29 is 80.2 Å². The number of aromatic nitrogens is 7. The molecule has 4 fully saturated rings. The van der Waals surface area contributed by atoms with E-state index in [0.29, 0.717) is 125 Å². The van der Waals surface area contributed by atoms with Gasteiger partial charge in [-0.2, -0.15) is 21.8 Å². The average Bonchev–Trinajstić information content (AvgIpc) is 1.68. The summed E-state index contributed by atoms with van der Waals surface area (Å²) in [5.41, 5.74) is 10.5. The molecule has 4 amide bonds. The van der Waals surface area contributed by atoms with Crippen LogP contribution in [0.5, 0.6) is 17.4 Å². The Morgan fingerprint density at radius 1 is 0.523 bits per heavy atom. The molecule has 8 N–H and O–H groups in total. The van der Waals surface area contributed by atoms with Crippen LogP contribution in [-0.2, 0) is 46.7 Å². The number of carbonyl (C=O) groups is 4. The third-order valence-corrected chi connectivity index (χ3v) is 31.2. The molecule has 5 aromatic carbocycles. The first-order chi connectivity index (χ1) is 70.3. The van der Waals surface area contributed by atoms with E-state index < -0.39 is 96.7 Å². The number of hydrogen-bond acceptors (Lipinski definition) is 29. The lowest BCUT2D eigenvalue weighted by atomic mass is 9.88. The highest BCUT2D eigenvalue weighted by Gasteiger charge is 2.44. The molecular weight excluding hydrogens is 1990 g/mol. The molecule has 0 bridgehead atoms. The lowest BCUT2D eigenvalue weighted by molar-refractivity contribution is 0.0972. The van der Waals surface area contributed by atoms with Crippen molar-refractivity contribution in [3.63, 3.8) is 0 Å². The standard InChI is InChI=1S/C29H35FN4O4S.C28H36N6O3S.C26H30N4O5S.C25H26F2N4O4S/c1-18(2)17-38-24-13-21(12-22(30)14-24)27-9-8-26(28(32-27)34-11-10-19(3)20(4)16-34)29(35)33-39(36,37)25-7-5-6-23(31)15-25;1-6-33(7-2)22-15-13-21(14-16-22)30-24-11-8-12-25(31-24)38(36,37)32-27(35)23-10-9-17-29-26(23)34-19-20(3)18-28(34,4)5;1-16-8-11-21(35-5)19(13-16)20-10-9-18(23(28-20)30-15-17(2)14-26(30,3)4)24(31)29-36(33,34)22-7-6-12-27-25(22)32;1-16-13-25(2,3)31(14-16)23-18(6-5-11-28-23)24(32)30-36(33,34)22-8-4-7-21(29-22)35-15-17-9-10-19(26)20(27)12-17/h5-9,12-15,18-20H,10-11,16-17,31H2,1-4H3,(H,33,35);8-17,20H,6-7,18-19H2,1-5H3,(H,30,31)(H,32,35);6-13,17H,14-15H2,1-5H3,(H,27,32)(H,29,31);4-12,16H,13-15H2,1-3H3,(H,30,32)/t;;17-;/m..0./s1. The van der Waals surface area contributed by atoms with Gasteiger partial charge in [-0.05, 0) is 287 Å². The van der Waals surface area contributed by atoms with E-state index in [4.69, 9.17) is 29.9 Å². The van der Waals surface area contributed by atoms with Gasteiger partial charge < -0.3 is 54.7 Å². The number of amides is 4. The highest BCUT2D eigenvalue weighted by Crippen LogP contribution is 2.43. The summed E-state index contributed by atoms with van der Waals surface area (Å²) in [5, 5.41) is 2.45. The van der Waals surface area contributed by atoms with Crippen molar-refractivity contribution in [1.29, 1.82) is 0 Å². The number of aromatic amines is 1. The number of nitrogens with one attached hydrogen (secondary N) is 6. The van der Waals surface area contributed by atoms with E-state index in [1.54, 1.807) is 80.2 Å². The molecule has 4 aliphatic rings. The molecule has 0 saturated carbocycles. The van der Waals surface area contributed by atoms with Gasteiger partial charge in [0, 0.05) is 121 Å². The number of benzene rings is 5. The maximum Gasteiger partial charge on any atom is 0.281 e. The number of halogens is 3. The maximum absolute atomic E-state index is 14.5. The third-order valence-electron chi connectivity index (χ3n) is 26.1. The van der Waals surface area contributed by atoms with Crippen molar-refractivity contribution in [2.75, 3.05) is 95.1 Å². The molecule has 0 radical (unpaired) electrons. The minimum atomic E-state index is -4.41. The number of sulfonamides is 4. The zero-order chi connectivity index (χ0) is 108. The van der Waals surface area contributed by atoms with Crippen molar-refractivity contribution in [3.8, 4) is 39.9 Å². The first kappa shape index (κ1) is 112. The number of nitrogen functional groups attached to an aromatic ring is 1. The molecule has 4 aliphatic heterocycles. The van der Waals surface area contributed by atoms with Gasteiger partial charge in [0.05, 0.1) is 52.3 Å². The van der Waals surface area contributed by atoms with E-state index in [0.717, 1.165) is 86.0 Å². The summed E-state index contributed by atoms with van der Waals surface area (Å²) in [7, 11) is -15.6. The summed E-state index contributed by atoms with van der Waals surface area (Å²) in [5.74, 6) is -0.527. The molecule has 4 unspecified atom stereocenters. The molecule has 0 aliphatic carbocycles. The fraction of sp³-hybridized carbons (Fsp3) is 0.361. The Morgan fingerprint density at radius 3 is 1.60 bits per heavy atom. The molecule has 41 heteroatoms. The first-order valence-electron chi connectivity index (χ1n) is 48.9. The molecule has 16 rings (SSSR count). The Labute approximate surface area is 868 Å². The average molecular weight is 2120 g/mol. The number of piperidine rings is 1. The molecule has 149 heavy (non-hydrogen) atoms. The van der Waals surface area contributed by atoms with Crippen LogP contribution in [0, 0.1) is 59.9 Å². The van der Waals surface area contributed by atoms with E-state index in [1.165, 1.54) is 85.1 Å². The second-order valence-corrected chi connectivity index (χ2v) is 46.7. The summed E-state index contributed by atoms with van der Waals surface area (Å²) in [6, 6.07) is 50.9. The second-order valence-electron chi connectivity index (χ2n) is 40.1. The van der Waals surface area contributed by atoms with Crippen LogP contribution >= 0.6 is 0 Å². The van der Waals surface area contributed by atoms with Gasteiger partial charge in [0.1, 0.15) is 53.0 Å². The normalized spacial score (nSPS) is 17.2. The fourth-order valence-electron chi connectivity index (χ4n) is 18.8. The number of carbonyl (C=O) groups excluding carboxylic acids is 4. The van der Waals surface area contributed by atoms with E-state index in [9.17, 15) is 70.8 Å². The van der Waals surface area contributed by atoms with Gasteiger partial charge >= 0.3 is 0 Å². The van der Waals surface area contributed by atoms with Crippen LogP contribution in [0.25, 0.3) is 22.5 Å². The molecule has 12 aromatic rings. The van der Waals surface area contributed by atoms with Crippen molar-refractivity contribution in [1.82, 2.24) is 53.8 Å². The number of pyridine rings is 7. The molecule has 4 saturated heterocycles. The largest absolute Gasteiger partial charge is 0.496 e. The molecule has 5 atom stereocenters. The minimum absolute atomic E-state index is 0.0649. The van der Waals surface area contributed by atoms with Gasteiger partial charge in [0.15, 0.2) is 26.6 Å². The Kier molecular flexibility index (Phi) is 35.1. The monoisotopic (exact) mass is 2120 g/mol. The number of hydrogen-bond donors (Lipinski definition) is 7. The van der Waals surface area contributed by atoms with E-state index in [2.05, 4.69) is 144 Å². The van der Waals surface area contributed by atoms with Crippen LogP contribution in [0.1, 0.15) is 182 Å². The minimum Gasteiger partial charge on any atom is -0.496 e. The van der Waals surface area contributed by atoms with E-state index >= 15 is 0 Å². The first-order valence-corrected chi connectivity index (χ1v) is 54.8. The van der Waals surface area contributed by atoms with Gasteiger partial charge in [-0.15, -0.1) is 0 Å². The van der Waals surface area contributed by atoms with E-state index in [1.807, 2.05) is 82.7 Å². The van der Waals surface area contributed by atoms with Crippen LogP contribution in [-0.4, -0.2) is 168 Å². The number of nitrogens with two attached hydrogens (primary N) is 1. The highest BCUT2D eigenvalue weighted by atomic mass is 32.2. The van der Waals surface area contributed by atoms with Crippen LogP contribution < -0.4 is 74.2 Å². The van der Waals surface area contributed by atoms with Crippen LogP contribution in [0.15, 0.2) is 243 Å². The summed E-state index contributed by atoms with van der Waals surface area (Å²) >= 11 is 0. The maximum atomic E-state index is 14.5. The number of H-pyrrole nitrogens is 1. The topological polar surface area (TPSA) is 445 Å². The highest BCUT2D eigenvalue weighted by molar-refractivity contribution is 7.91. The van der Waals surface area contributed by atoms with Gasteiger partial charge in [-0.3, -0.25) is 24.0 Å². The Hall–Kier alpha value is -14.6. The molecular formula is C108H127F3N18O16S4. The van der Waals surface area contributed by atoms with Crippen LogP contribution in [0.2, 0.25) is 0 Å². The predicted octanol–water partition coefficient (Wildman–Crippen LogP) is 17.5. The van der Waals surface area contributed by atoms with Gasteiger partial charge in [0.25, 0.3) is 69.3 Å². The number of methoxy groups -OCH3 is 1. The molecule has 0 spiro atoms. The van der Waals surface area contributed by atoms with Gasteiger partial charge in [-0.1, -0.05) is 84.4 Å². The van der Waals surface area contributed by atoms with Crippen molar-refractivity contribution in [3.05, 3.63) is 280 Å². The molecule has 11 heterocycles. The third kappa shape index (κ3) is 27.7. The summed E-state index contributed by atoms with van der Waals surface area (Å²) in [6.07, 6.45) is 8.13. The SMILES string of the molecule is CC(C)COc1cc(F)cc(-c2ccc(C(=O)NS(=O)(=O)c3cccc(N)c3)c(N3CCC(C)C(C)C3)n2)c1.CC1CN(c2ncccc2C(=O)NS(=O)(=O)c2cccc(OCc3ccc(F)c(F)c3)n2)C(C)(C)C1.CCN(CC)c1ccc(Nc2cccc(S(=O)(=O)NC(=O)c3cccnc3N3CC(C)CC3(C)C)n2)cc1.COc1ccc(C)cc1-c1ccc(C(=O)NS(=O)(=O)c2ccc[nH]c2=O)c(N2C[C@@H](C)CC2(C)C)n1. The molecule has 7 aromatic heterocycles. The van der Waals surface area contributed by atoms with Crippen LogP contribution in [0.3, 0.4) is 0 Å². The zero-order valence-corrected chi connectivity index (χ0v) is 89.5. The number of ether oxygens (including phenoxy) is 3. The summed E-state index contributed by atoms with van der Waals surface area (Å²) < 4.78 is 170. The lowest BCUT2D eigenvalue weighted by Gasteiger charge is -2.37. The Balaban J connectivity index is 0.000000166. The number of aryl methyl sites for hydroxylation is 1. The van der Waals surface area contributed by atoms with Crippen LogP contribution in [0.4, 0.5) is 59.3 Å². The smallest absolute Gasteiger partial charge is 0.281 e. The Bertz CT molecular complexity index is 7470. The van der Waals surface area contributed by atoms with Crippen molar-refractivity contribution >= 4 is 110 Å². The van der Waals surface area contributed by atoms with E-state index in [-0.39, 0.29) is 72.9 Å². The summed E-state index contributed by atoms with van der Waals surface area (Å²) in [6.45, 7) is 38.8. The van der Waals surface area contributed by atoms with Crippen molar-refractivity contribution in [2.45, 2.75) is 180 Å². The zero-order valence-electron chi connectivity index (χ0n) is 86.2. The van der Waals surface area contributed by atoms with Gasteiger partial charge in [-0.25, -0.2) is 73.8 Å². The second kappa shape index (κ2) is 46.9. The number of nitrogens with zero attached hydrogens (tertiary/aromatic N) is 11. The number of anilines is 8. The van der Waals surface area contributed by atoms with Crippen molar-refractivity contribution in [2.24, 2.45) is 35.5 Å². The molecule has 790 valence electrons. The quantitative estimate of drug-likeness (QED) is 0.0206. The van der Waals surface area contributed by atoms with Gasteiger partial charge in [0.2, 0.25) is 5.88 Å². The summed E-state index contributed by atoms with van der Waals surface area (Å²) in [4.78, 5) is 104.